The third-order valence-electron chi connectivity index (χ3n) is 1.71. The van der Waals surface area contributed by atoms with Gasteiger partial charge in [-0.15, -0.1) is 0 Å². The normalized spacial score (nSPS) is 10.1. The molecule has 0 fully saturated rings. The Labute approximate surface area is 88.6 Å². The number of nitro groups is 1. The van der Waals surface area contributed by atoms with Crippen molar-refractivity contribution in [1.29, 1.82) is 0 Å². The van der Waals surface area contributed by atoms with E-state index in [2.05, 4.69) is 15.9 Å². The Morgan fingerprint density at radius 1 is 1.50 bits per heavy atom. The van der Waals surface area contributed by atoms with Gasteiger partial charge >= 0.3 is 0 Å². The summed E-state index contributed by atoms with van der Waals surface area (Å²) in [4.78, 5) is 21.1. The Kier molecular flexibility index (Phi) is 3.82. The average molecular weight is 261 g/mol. The van der Waals surface area contributed by atoms with Crippen molar-refractivity contribution in [2.45, 2.75) is 13.0 Å². The molecular formula is C8H9BrN2O3. The fourth-order valence-electron chi connectivity index (χ4n) is 1.03. The Morgan fingerprint density at radius 2 is 2.21 bits per heavy atom. The number of hydrogen-bond acceptors (Lipinski definition) is 3. The summed E-state index contributed by atoms with van der Waals surface area (Å²) in [5.41, 5.74) is -0.268. The smallest absolute Gasteiger partial charge is 0.285 e. The summed E-state index contributed by atoms with van der Waals surface area (Å²) < 4.78 is 1.35. The van der Waals surface area contributed by atoms with Crippen molar-refractivity contribution in [3.63, 3.8) is 0 Å². The highest BCUT2D eigenvalue weighted by molar-refractivity contribution is 9.09. The van der Waals surface area contributed by atoms with Crippen molar-refractivity contribution in [3.05, 3.63) is 38.8 Å². The van der Waals surface area contributed by atoms with Gasteiger partial charge in [0.1, 0.15) is 0 Å². The largest absolute Gasteiger partial charge is 0.309 e. The predicted octanol–water partition coefficient (Wildman–Crippen LogP) is 1.54. The van der Waals surface area contributed by atoms with E-state index in [4.69, 9.17) is 0 Å². The molecule has 0 amide bonds. The van der Waals surface area contributed by atoms with Gasteiger partial charge in [-0.3, -0.25) is 14.9 Å². The van der Waals surface area contributed by atoms with Gasteiger partial charge in [-0.2, -0.15) is 0 Å². The molecule has 0 atom stereocenters. The summed E-state index contributed by atoms with van der Waals surface area (Å²) in [6.45, 7) is 0.492. The molecule has 1 aromatic rings. The van der Waals surface area contributed by atoms with E-state index in [-0.39, 0.29) is 11.2 Å². The molecule has 0 aliphatic carbocycles. The van der Waals surface area contributed by atoms with Crippen molar-refractivity contribution >= 4 is 21.6 Å². The van der Waals surface area contributed by atoms with E-state index in [1.807, 2.05) is 0 Å². The standard InChI is InChI=1S/C8H9BrN2O3/c9-4-1-5-10-6-7(11(13)14)2-3-8(10)12/h2-3,6H,1,4-5H2. The summed E-state index contributed by atoms with van der Waals surface area (Å²) in [6, 6.07) is 2.43. The molecule has 6 heteroatoms. The number of aromatic nitrogens is 1. The number of nitrogens with zero attached hydrogens (tertiary/aromatic N) is 2. The van der Waals surface area contributed by atoms with Gasteiger partial charge in [0.15, 0.2) is 0 Å². The van der Waals surface area contributed by atoms with E-state index in [0.29, 0.717) is 6.54 Å². The molecule has 0 bridgehead atoms. The molecule has 1 aromatic heterocycles. The molecule has 0 spiro atoms. The summed E-state index contributed by atoms with van der Waals surface area (Å²) in [7, 11) is 0. The van der Waals surface area contributed by atoms with Gasteiger partial charge in [-0.1, -0.05) is 15.9 Å². The molecule has 0 aliphatic heterocycles. The first-order valence-corrected chi connectivity index (χ1v) is 5.18. The highest BCUT2D eigenvalue weighted by atomic mass is 79.9. The maximum Gasteiger partial charge on any atom is 0.285 e. The topological polar surface area (TPSA) is 65.1 Å². The van der Waals surface area contributed by atoms with E-state index in [1.54, 1.807) is 0 Å². The lowest BCUT2D eigenvalue weighted by atomic mass is 10.4. The van der Waals surface area contributed by atoms with Crippen LogP contribution in [0.1, 0.15) is 6.42 Å². The molecule has 0 aromatic carbocycles. The number of pyridine rings is 1. The fraction of sp³-hybridized carbons (Fsp3) is 0.375. The second-order valence-corrected chi connectivity index (χ2v) is 3.51. The molecule has 0 aliphatic rings. The first-order chi connectivity index (χ1) is 6.65. The molecule has 1 heterocycles. The highest BCUT2D eigenvalue weighted by Gasteiger charge is 2.06. The van der Waals surface area contributed by atoms with Crippen molar-refractivity contribution in [3.8, 4) is 0 Å². The molecule has 0 saturated heterocycles. The van der Waals surface area contributed by atoms with Crippen LogP contribution in [0.25, 0.3) is 0 Å². The predicted molar refractivity (Wildman–Crippen MR) is 55.8 cm³/mol. The van der Waals surface area contributed by atoms with Crippen LogP contribution < -0.4 is 5.56 Å². The van der Waals surface area contributed by atoms with Crippen LogP contribution in [-0.2, 0) is 6.54 Å². The number of alkyl halides is 1. The zero-order chi connectivity index (χ0) is 10.6. The van der Waals surface area contributed by atoms with Gasteiger partial charge in [0, 0.05) is 24.0 Å². The van der Waals surface area contributed by atoms with Crippen LogP contribution in [0, 0.1) is 10.1 Å². The van der Waals surface area contributed by atoms with Gasteiger partial charge in [0.05, 0.1) is 11.1 Å². The number of rotatable bonds is 4. The van der Waals surface area contributed by atoms with Gasteiger partial charge in [-0.05, 0) is 6.42 Å². The average Bonchev–Trinajstić information content (AvgIpc) is 2.16. The molecule has 0 radical (unpaired) electrons. The third kappa shape index (κ3) is 2.66. The summed E-state index contributed by atoms with van der Waals surface area (Å²) in [5.74, 6) is 0. The monoisotopic (exact) mass is 260 g/mol. The van der Waals surface area contributed by atoms with E-state index in [1.165, 1.54) is 22.9 Å². The van der Waals surface area contributed by atoms with Crippen molar-refractivity contribution in [2.75, 3.05) is 5.33 Å². The maximum absolute atomic E-state index is 11.2. The molecule has 5 nitrogen and oxygen atoms in total. The minimum atomic E-state index is -0.510. The zero-order valence-electron chi connectivity index (χ0n) is 7.35. The Hall–Kier alpha value is -1.17. The summed E-state index contributed by atoms with van der Waals surface area (Å²) in [5, 5.41) is 11.2. The molecule has 0 saturated carbocycles. The van der Waals surface area contributed by atoms with Crippen molar-refractivity contribution < 1.29 is 4.92 Å². The van der Waals surface area contributed by atoms with E-state index < -0.39 is 4.92 Å². The van der Waals surface area contributed by atoms with E-state index >= 15 is 0 Å². The van der Waals surface area contributed by atoms with Gasteiger partial charge in [0.25, 0.3) is 11.2 Å². The maximum atomic E-state index is 11.2. The molecule has 76 valence electrons. The van der Waals surface area contributed by atoms with Crippen LogP contribution >= 0.6 is 15.9 Å². The lowest BCUT2D eigenvalue weighted by Crippen LogP contribution is -2.18. The number of aryl methyl sites for hydroxylation is 1. The zero-order valence-corrected chi connectivity index (χ0v) is 8.94. The quantitative estimate of drug-likeness (QED) is 0.469. The van der Waals surface area contributed by atoms with Crippen LogP contribution in [0.5, 0.6) is 0 Å². The molecule has 14 heavy (non-hydrogen) atoms. The molecule has 0 N–H and O–H groups in total. The number of hydrogen-bond donors (Lipinski definition) is 0. The third-order valence-corrected chi connectivity index (χ3v) is 2.27. The second kappa shape index (κ2) is 4.90. The first-order valence-electron chi connectivity index (χ1n) is 4.06. The van der Waals surface area contributed by atoms with Crippen LogP contribution in [0.4, 0.5) is 5.69 Å². The van der Waals surface area contributed by atoms with Crippen LogP contribution in [0.3, 0.4) is 0 Å². The second-order valence-electron chi connectivity index (χ2n) is 2.72. The SMILES string of the molecule is O=c1ccc([N+](=O)[O-])cn1CCCBr. The van der Waals surface area contributed by atoms with E-state index in [9.17, 15) is 14.9 Å². The minimum absolute atomic E-state index is 0.0563. The van der Waals surface area contributed by atoms with Crippen LogP contribution in [0.2, 0.25) is 0 Å². The molecule has 0 unspecified atom stereocenters. The fourth-order valence-corrected chi connectivity index (χ4v) is 1.28. The van der Waals surface area contributed by atoms with Crippen LogP contribution in [0.15, 0.2) is 23.1 Å². The first kappa shape index (κ1) is 10.9. The van der Waals surface area contributed by atoms with Crippen molar-refractivity contribution in [2.24, 2.45) is 0 Å². The lowest BCUT2D eigenvalue weighted by molar-refractivity contribution is -0.385. The summed E-state index contributed by atoms with van der Waals surface area (Å²) >= 11 is 3.23. The van der Waals surface area contributed by atoms with Gasteiger partial charge in [-0.25, -0.2) is 0 Å². The van der Waals surface area contributed by atoms with Crippen molar-refractivity contribution in [1.82, 2.24) is 4.57 Å². The lowest BCUT2D eigenvalue weighted by Gasteiger charge is -2.02. The summed E-state index contributed by atoms with van der Waals surface area (Å²) in [6.07, 6.45) is 2.03. The Balaban J connectivity index is 2.96. The van der Waals surface area contributed by atoms with E-state index in [0.717, 1.165) is 11.8 Å². The van der Waals surface area contributed by atoms with Crippen LogP contribution in [-0.4, -0.2) is 14.8 Å². The Morgan fingerprint density at radius 3 is 2.79 bits per heavy atom. The minimum Gasteiger partial charge on any atom is -0.309 e. The number of halogens is 1. The molecule has 1 rings (SSSR count). The Bertz CT molecular complexity index is 388. The highest BCUT2D eigenvalue weighted by Crippen LogP contribution is 2.06. The molecular weight excluding hydrogens is 252 g/mol. The van der Waals surface area contributed by atoms with Gasteiger partial charge < -0.3 is 4.57 Å². The van der Waals surface area contributed by atoms with Gasteiger partial charge in [0.2, 0.25) is 0 Å².